The van der Waals surface area contributed by atoms with E-state index in [9.17, 15) is 22.8 Å². The molecule has 0 bridgehead atoms. The number of nitrogens with one attached hydrogen (secondary N) is 3. The monoisotopic (exact) mass is 553 g/mol. The summed E-state index contributed by atoms with van der Waals surface area (Å²) in [4.78, 5) is 32.6. The van der Waals surface area contributed by atoms with Crippen LogP contribution in [0.4, 0.5) is 24.5 Å². The number of benzene rings is 1. The lowest BCUT2D eigenvalue weighted by molar-refractivity contribution is -0.131. The number of carbonyl (C=O) groups excluding carboxylic acids is 2. The highest BCUT2D eigenvalue weighted by Gasteiger charge is 2.27. The Bertz CT molecular complexity index is 1580. The van der Waals surface area contributed by atoms with Crippen LogP contribution >= 0.6 is 0 Å². The van der Waals surface area contributed by atoms with Gasteiger partial charge in [-0.2, -0.15) is 13.2 Å². The number of amides is 2. The molecule has 5 rings (SSSR count). The van der Waals surface area contributed by atoms with Gasteiger partial charge in [-0.15, -0.1) is 5.10 Å². The molecule has 0 spiro atoms. The minimum Gasteiger partial charge on any atom is -0.434 e. The van der Waals surface area contributed by atoms with Crippen LogP contribution in [-0.2, 0) is 4.79 Å². The molecule has 40 heavy (non-hydrogen) atoms. The third-order valence-corrected chi connectivity index (χ3v) is 6.16. The molecule has 0 unspecified atom stereocenters. The van der Waals surface area contributed by atoms with Crippen molar-refractivity contribution in [2.24, 2.45) is 0 Å². The van der Waals surface area contributed by atoms with Gasteiger partial charge in [-0.3, -0.25) is 14.6 Å². The van der Waals surface area contributed by atoms with E-state index in [-0.39, 0.29) is 40.8 Å². The third-order valence-electron chi connectivity index (χ3n) is 6.16. The molecular weight excluding hydrogens is 527 g/mol. The van der Waals surface area contributed by atoms with Gasteiger partial charge >= 0.3 is 6.18 Å². The Labute approximate surface area is 227 Å². The van der Waals surface area contributed by atoms with Crippen LogP contribution in [-0.4, -0.2) is 50.2 Å². The number of pyridine rings is 1. The van der Waals surface area contributed by atoms with Crippen LogP contribution in [0.5, 0.6) is 11.6 Å². The maximum absolute atomic E-state index is 12.8. The zero-order valence-corrected chi connectivity index (χ0v) is 21.7. The van der Waals surface area contributed by atoms with E-state index in [0.29, 0.717) is 22.5 Å². The van der Waals surface area contributed by atoms with E-state index < -0.39 is 19.1 Å². The van der Waals surface area contributed by atoms with Crippen LogP contribution in [0.3, 0.4) is 0 Å². The Hall–Kier alpha value is -4.68. The van der Waals surface area contributed by atoms with Crippen molar-refractivity contribution in [2.45, 2.75) is 45.3 Å². The highest BCUT2D eigenvalue weighted by molar-refractivity contribution is 5.96. The molecule has 1 saturated carbocycles. The molecule has 1 aliphatic rings. The van der Waals surface area contributed by atoms with E-state index in [0.717, 1.165) is 18.4 Å². The second kappa shape index (κ2) is 10.8. The molecular formula is C27H26F3N7O3. The Morgan fingerprint density at radius 2 is 1.93 bits per heavy atom. The van der Waals surface area contributed by atoms with Crippen molar-refractivity contribution in [3.63, 3.8) is 0 Å². The number of alkyl halides is 3. The van der Waals surface area contributed by atoms with Crippen LogP contribution < -0.4 is 20.7 Å². The first-order valence-electron chi connectivity index (χ1n) is 12.6. The zero-order valence-electron chi connectivity index (χ0n) is 21.7. The minimum atomic E-state index is -4.34. The van der Waals surface area contributed by atoms with Gasteiger partial charge in [0.1, 0.15) is 0 Å². The first-order valence-corrected chi connectivity index (χ1v) is 12.6. The molecule has 0 radical (unpaired) electrons. The Balaban J connectivity index is 1.52. The standard InChI is InChI=1S/C27H26F3N7O3/c1-15-11-17(3-6-19(15)26(39)35-18-4-5-18)22-13-33-25-21(32-10-8-27(28,29)30)12-24(36-37(22)25)40-23-14-31-9-7-20(23)34-16(2)38/h3,6-7,9,11-14,18,32H,4-5,8,10H2,1-2H3,(H,35,39)(H,31,34,38). The van der Waals surface area contributed by atoms with Crippen LogP contribution in [0.25, 0.3) is 16.9 Å². The predicted molar refractivity (Wildman–Crippen MR) is 141 cm³/mol. The molecule has 4 aromatic rings. The molecule has 3 N–H and O–H groups in total. The molecule has 3 heterocycles. The van der Waals surface area contributed by atoms with Gasteiger partial charge in [0.25, 0.3) is 5.91 Å². The number of aryl methyl sites for hydroxylation is 1. The highest BCUT2D eigenvalue weighted by atomic mass is 19.4. The lowest BCUT2D eigenvalue weighted by atomic mass is 10.0. The second-order valence-electron chi connectivity index (χ2n) is 9.50. The van der Waals surface area contributed by atoms with Crippen molar-refractivity contribution in [1.29, 1.82) is 0 Å². The molecule has 0 aliphatic heterocycles. The second-order valence-corrected chi connectivity index (χ2v) is 9.50. The summed E-state index contributed by atoms with van der Waals surface area (Å²) in [6.45, 7) is 2.78. The maximum atomic E-state index is 12.8. The summed E-state index contributed by atoms with van der Waals surface area (Å²) in [6.07, 6.45) is 0.971. The van der Waals surface area contributed by atoms with Gasteiger partial charge < -0.3 is 20.7 Å². The fourth-order valence-corrected chi connectivity index (χ4v) is 4.10. The van der Waals surface area contributed by atoms with Gasteiger partial charge in [0.15, 0.2) is 11.4 Å². The highest BCUT2D eigenvalue weighted by Crippen LogP contribution is 2.32. The summed E-state index contributed by atoms with van der Waals surface area (Å²) in [6, 6.07) is 8.52. The van der Waals surface area contributed by atoms with Crippen molar-refractivity contribution in [1.82, 2.24) is 24.9 Å². The number of hydrogen-bond donors (Lipinski definition) is 3. The van der Waals surface area contributed by atoms with E-state index in [2.05, 4.69) is 31.0 Å². The Kier molecular flexibility index (Phi) is 7.28. The summed E-state index contributed by atoms with van der Waals surface area (Å²) in [5, 5.41) is 12.9. The van der Waals surface area contributed by atoms with E-state index in [1.54, 1.807) is 24.4 Å². The summed E-state index contributed by atoms with van der Waals surface area (Å²) >= 11 is 0. The maximum Gasteiger partial charge on any atom is 0.390 e. The molecule has 1 aliphatic carbocycles. The van der Waals surface area contributed by atoms with Gasteiger partial charge in [0.2, 0.25) is 11.8 Å². The van der Waals surface area contributed by atoms with Crippen molar-refractivity contribution >= 4 is 28.8 Å². The first-order chi connectivity index (χ1) is 19.1. The summed E-state index contributed by atoms with van der Waals surface area (Å²) in [7, 11) is 0. The molecule has 0 atom stereocenters. The number of halogens is 3. The van der Waals surface area contributed by atoms with Crippen LogP contribution in [0.2, 0.25) is 0 Å². The number of hydrogen-bond acceptors (Lipinski definition) is 7. The van der Waals surface area contributed by atoms with Gasteiger partial charge in [0, 0.05) is 42.9 Å². The van der Waals surface area contributed by atoms with Gasteiger partial charge in [-0.25, -0.2) is 9.50 Å². The van der Waals surface area contributed by atoms with Gasteiger partial charge in [0.05, 0.1) is 35.9 Å². The number of anilines is 2. The van der Waals surface area contributed by atoms with E-state index >= 15 is 0 Å². The predicted octanol–water partition coefficient (Wildman–Crippen LogP) is 5.11. The smallest absolute Gasteiger partial charge is 0.390 e. The van der Waals surface area contributed by atoms with Crippen LogP contribution in [0.1, 0.15) is 42.1 Å². The summed E-state index contributed by atoms with van der Waals surface area (Å²) in [5.41, 5.74) is 3.42. The van der Waals surface area contributed by atoms with Gasteiger partial charge in [-0.05, 0) is 43.5 Å². The number of imidazole rings is 1. The number of fused-ring (bicyclic) bond motifs is 1. The average molecular weight is 554 g/mol. The topological polar surface area (TPSA) is 123 Å². The quantitative estimate of drug-likeness (QED) is 0.263. The Morgan fingerprint density at radius 1 is 1.12 bits per heavy atom. The molecule has 13 heteroatoms. The molecule has 1 fully saturated rings. The van der Waals surface area contributed by atoms with E-state index in [4.69, 9.17) is 4.74 Å². The number of rotatable bonds is 9. The number of aromatic nitrogens is 4. The van der Waals surface area contributed by atoms with Crippen molar-refractivity contribution in [3.8, 4) is 22.9 Å². The normalized spacial score (nSPS) is 13.2. The lowest BCUT2D eigenvalue weighted by Crippen LogP contribution is -2.26. The molecule has 208 valence electrons. The molecule has 10 nitrogen and oxygen atoms in total. The first kappa shape index (κ1) is 26.9. The molecule has 2 amide bonds. The number of ether oxygens (including phenoxy) is 1. The minimum absolute atomic E-state index is 0.0259. The van der Waals surface area contributed by atoms with Gasteiger partial charge in [-0.1, -0.05) is 6.07 Å². The lowest BCUT2D eigenvalue weighted by Gasteiger charge is -2.14. The zero-order chi connectivity index (χ0) is 28.4. The third kappa shape index (κ3) is 6.30. The average Bonchev–Trinajstić information content (AvgIpc) is 3.59. The molecule has 0 saturated heterocycles. The molecule has 1 aromatic carbocycles. The van der Waals surface area contributed by atoms with Crippen LogP contribution in [0.15, 0.2) is 48.9 Å². The fourth-order valence-electron chi connectivity index (χ4n) is 4.10. The molecule has 3 aromatic heterocycles. The van der Waals surface area contributed by atoms with Crippen molar-refractivity contribution < 1.29 is 27.5 Å². The number of nitrogens with zero attached hydrogens (tertiary/aromatic N) is 4. The van der Waals surface area contributed by atoms with Crippen molar-refractivity contribution in [2.75, 3.05) is 17.2 Å². The van der Waals surface area contributed by atoms with Crippen molar-refractivity contribution in [3.05, 3.63) is 60.0 Å². The summed E-state index contributed by atoms with van der Waals surface area (Å²) in [5.74, 6) is -0.246. The fraction of sp³-hybridized carbons (Fsp3) is 0.296. The number of carbonyl (C=O) groups is 2. The summed E-state index contributed by atoms with van der Waals surface area (Å²) < 4.78 is 45.9. The van der Waals surface area contributed by atoms with Crippen LogP contribution in [0, 0.1) is 6.92 Å². The largest absolute Gasteiger partial charge is 0.434 e. The SMILES string of the molecule is CC(=O)Nc1ccncc1Oc1cc(NCCC(F)(F)F)c2ncc(-c3ccc(C(=O)NC4CC4)c(C)c3)n2n1. The van der Waals surface area contributed by atoms with E-state index in [1.807, 2.05) is 13.0 Å². The Morgan fingerprint density at radius 3 is 2.62 bits per heavy atom. The van der Waals surface area contributed by atoms with E-state index in [1.165, 1.54) is 29.9 Å².